The number of benzene rings is 6. The van der Waals surface area contributed by atoms with Gasteiger partial charge in [-0.25, -0.2) is 15.3 Å². The second kappa shape index (κ2) is 10.5. The normalized spacial score (nSPS) is 14.9. The first kappa shape index (κ1) is 27.8. The third-order valence-corrected chi connectivity index (χ3v) is 8.36. The Kier molecular flexibility index (Phi) is 7.08. The summed E-state index contributed by atoms with van der Waals surface area (Å²) < 4.78 is 0.441. The van der Waals surface area contributed by atoms with E-state index in [4.69, 9.17) is 0 Å². The van der Waals surface area contributed by atoms with Gasteiger partial charge in [-0.1, -0.05) is 74.5 Å². The molecule has 1 radical (unpaired) electrons. The zero-order chi connectivity index (χ0) is 27.5. The van der Waals surface area contributed by atoms with E-state index in [1.807, 2.05) is 56.3 Å². The molecule has 0 bridgehead atoms. The molecule has 197 valence electrons. The van der Waals surface area contributed by atoms with Crippen LogP contribution in [0, 0.1) is 12.1 Å². The summed E-state index contributed by atoms with van der Waals surface area (Å²) >= 11 is 0. The molecule has 0 unspecified atom stereocenters. The summed E-state index contributed by atoms with van der Waals surface area (Å²) in [7, 11) is 2.20. The molecule has 0 saturated heterocycles. The molecule has 0 aromatic heterocycles. The summed E-state index contributed by atoms with van der Waals surface area (Å²) in [4.78, 5) is 0. The van der Waals surface area contributed by atoms with Gasteiger partial charge >= 0.3 is 0 Å². The van der Waals surface area contributed by atoms with E-state index in [1.54, 1.807) is 0 Å². The average Bonchev–Trinajstić information content (AvgIpc) is 3.53. The van der Waals surface area contributed by atoms with Crippen LogP contribution in [0.1, 0.15) is 30.5 Å². The molecule has 6 aromatic carbocycles. The second-order valence-electron chi connectivity index (χ2n) is 10.5. The van der Waals surface area contributed by atoms with E-state index in [1.165, 1.54) is 21.2 Å². The average molecular weight is 606 g/mol. The Morgan fingerprint density at radius 3 is 1.54 bits per heavy atom. The van der Waals surface area contributed by atoms with Gasteiger partial charge in [-0.05, 0) is 27.6 Å². The number of para-hydroxylation sites is 1. The van der Waals surface area contributed by atoms with Crippen molar-refractivity contribution in [1.82, 2.24) is 4.48 Å². The van der Waals surface area contributed by atoms with Crippen LogP contribution >= 0.6 is 0 Å². The summed E-state index contributed by atoms with van der Waals surface area (Å²) in [6.07, 6.45) is 4.62. The van der Waals surface area contributed by atoms with Crippen molar-refractivity contribution < 1.29 is 37.8 Å². The molecule has 0 saturated carbocycles. The van der Waals surface area contributed by atoms with Crippen LogP contribution in [0.5, 0.6) is 0 Å². The fourth-order valence-corrected chi connectivity index (χ4v) is 6.72. The fraction of sp³-hybridized carbons (Fsp3) is 0.105. The molecule has 0 fully saturated rings. The summed E-state index contributed by atoms with van der Waals surface area (Å²) in [6, 6.07) is 44.1. The van der Waals surface area contributed by atoms with Crippen molar-refractivity contribution in [2.45, 2.75) is 19.4 Å². The van der Waals surface area contributed by atoms with Gasteiger partial charge in [-0.3, -0.25) is 0 Å². The van der Waals surface area contributed by atoms with Gasteiger partial charge in [0.2, 0.25) is 0 Å². The molecule has 0 spiro atoms. The monoisotopic (exact) mass is 605 g/mol. The van der Waals surface area contributed by atoms with Gasteiger partial charge < -0.3 is 5.11 Å². The van der Waals surface area contributed by atoms with E-state index in [-0.39, 0.29) is 32.7 Å². The molecule has 3 heteroatoms. The maximum Gasteiger partial charge on any atom is 0.148 e. The van der Waals surface area contributed by atoms with Crippen molar-refractivity contribution in [3.63, 3.8) is 0 Å². The van der Waals surface area contributed by atoms with E-state index >= 15 is 0 Å². The van der Waals surface area contributed by atoms with Gasteiger partial charge in [0, 0.05) is 49.9 Å². The quantitative estimate of drug-likeness (QED) is 0.128. The molecule has 0 atom stereocenters. The third-order valence-electron chi connectivity index (χ3n) is 8.36. The van der Waals surface area contributed by atoms with Crippen molar-refractivity contribution >= 4 is 39.6 Å². The van der Waals surface area contributed by atoms with Crippen LogP contribution in [0.4, 0.5) is 5.69 Å². The summed E-state index contributed by atoms with van der Waals surface area (Å²) in [6.45, 7) is 4.00. The van der Waals surface area contributed by atoms with E-state index in [9.17, 15) is 5.11 Å². The number of fused-ring (bicyclic) bond motifs is 9. The van der Waals surface area contributed by atoms with E-state index in [0.29, 0.717) is 4.48 Å². The second-order valence-corrected chi connectivity index (χ2v) is 10.5. The van der Waals surface area contributed by atoms with Crippen molar-refractivity contribution in [3.05, 3.63) is 148 Å². The van der Waals surface area contributed by atoms with Crippen LogP contribution in [0.3, 0.4) is 0 Å². The van der Waals surface area contributed by atoms with Crippen LogP contribution in [-0.4, -0.2) is 12.2 Å². The molecule has 1 aliphatic heterocycles. The zero-order valence-corrected chi connectivity index (χ0v) is 26.4. The number of aliphatic hydroxyl groups is 1. The van der Waals surface area contributed by atoms with Gasteiger partial charge in [-0.15, -0.1) is 35.0 Å². The summed E-state index contributed by atoms with van der Waals surface area (Å²) in [5.74, 6) is 0. The Hall–Kier alpha value is -3.40. The van der Waals surface area contributed by atoms with Crippen LogP contribution < -0.4 is 14.9 Å². The van der Waals surface area contributed by atoms with Gasteiger partial charge in [0.15, 0.2) is 0 Å². The third kappa shape index (κ3) is 3.93. The van der Waals surface area contributed by atoms with Crippen LogP contribution in [0.2, 0.25) is 0 Å². The summed E-state index contributed by atoms with van der Waals surface area (Å²) in [5.41, 5.74) is 4.71. The summed E-state index contributed by atoms with van der Waals surface area (Å²) in [5, 5.41) is 19.6. The molecule has 1 heterocycles. The minimum absolute atomic E-state index is 0. The smallest absolute Gasteiger partial charge is 0.148 e. The largest absolute Gasteiger partial charge is 0.376 e. The van der Waals surface area contributed by atoms with Crippen molar-refractivity contribution in [2.24, 2.45) is 0 Å². The van der Waals surface area contributed by atoms with Crippen molar-refractivity contribution in [1.29, 1.82) is 0 Å². The van der Waals surface area contributed by atoms with Gasteiger partial charge in [0.25, 0.3) is 0 Å². The number of quaternary nitrogens is 1. The molecule has 1 N–H and O–H groups in total. The maximum absolute atomic E-state index is 12.7. The standard InChI is InChI=1S/C36H24NO.C2H6.Y/c1-37(22-30-26-14-4-2-12-24(26)25-13-3-5-15-27(25)31(30)23-37)35-21-11-10-20-34(35)36(38)32-18-8-6-16-28(32)29-17-7-9-19-33(29)36;1-2;/h2-11,14-23,38H,1H3;1-2H3;/q-1;;. The van der Waals surface area contributed by atoms with E-state index in [0.717, 1.165) is 44.3 Å². The Morgan fingerprint density at radius 1 is 0.585 bits per heavy atom. The van der Waals surface area contributed by atoms with Gasteiger partial charge in [0.1, 0.15) is 23.7 Å². The number of rotatable bonds is 2. The topological polar surface area (TPSA) is 20.2 Å². The first-order chi connectivity index (χ1) is 19.6. The Balaban J connectivity index is 0.000000987. The SMILES string of the molecule is CC.C[N+]1(c2ccccc2C2(O)c3ccccc3-c3ccccc32)C=c2c(c3ccc[c-]c3c3[c-]cccc23)=C1.[Y]. The molecule has 6 aromatic rings. The van der Waals surface area contributed by atoms with Crippen molar-refractivity contribution in [2.75, 3.05) is 7.05 Å². The number of nitrogens with zero attached hydrogens (tertiary/aromatic N) is 1. The fourth-order valence-electron chi connectivity index (χ4n) is 6.72. The first-order valence-electron chi connectivity index (χ1n) is 14.0. The Morgan fingerprint density at radius 2 is 1.02 bits per heavy atom. The maximum atomic E-state index is 12.7. The predicted molar refractivity (Wildman–Crippen MR) is 167 cm³/mol. The van der Waals surface area contributed by atoms with Crippen LogP contribution in [-0.2, 0) is 38.3 Å². The number of hydrogen-bond acceptors (Lipinski definition) is 1. The molecule has 41 heavy (non-hydrogen) atoms. The Labute approximate surface area is 266 Å². The molecule has 8 rings (SSSR count). The van der Waals surface area contributed by atoms with Crippen LogP contribution in [0.25, 0.3) is 45.1 Å². The van der Waals surface area contributed by atoms with Gasteiger partial charge in [0.05, 0.1) is 12.6 Å². The van der Waals surface area contributed by atoms with E-state index < -0.39 is 5.60 Å². The molecule has 2 aliphatic rings. The molecule has 2 nitrogen and oxygen atoms in total. The predicted octanol–water partition coefficient (Wildman–Crippen LogP) is 7.01. The first-order valence-corrected chi connectivity index (χ1v) is 14.0. The molecular formula is C38H30NOY-. The molecule has 1 aliphatic carbocycles. The minimum Gasteiger partial charge on any atom is -0.376 e. The minimum atomic E-state index is -1.26. The number of hydrogen-bond donors (Lipinski definition) is 1. The zero-order valence-electron chi connectivity index (χ0n) is 23.5. The van der Waals surface area contributed by atoms with Gasteiger partial charge in [-0.2, -0.15) is 24.3 Å². The van der Waals surface area contributed by atoms with Crippen molar-refractivity contribution in [3.8, 4) is 11.1 Å². The van der Waals surface area contributed by atoms with E-state index in [2.05, 4.69) is 98.3 Å². The molecular weight excluding hydrogens is 575 g/mol. The Bertz CT molecular complexity index is 1960. The molecule has 0 amide bonds. The van der Waals surface area contributed by atoms with Crippen LogP contribution in [0.15, 0.2) is 109 Å².